The van der Waals surface area contributed by atoms with Gasteiger partial charge in [-0.25, -0.2) is 4.98 Å². The van der Waals surface area contributed by atoms with E-state index in [9.17, 15) is 9.59 Å². The van der Waals surface area contributed by atoms with Gasteiger partial charge < -0.3 is 19.7 Å². The van der Waals surface area contributed by atoms with Crippen molar-refractivity contribution in [1.82, 2.24) is 10.3 Å². The van der Waals surface area contributed by atoms with Crippen LogP contribution in [0.3, 0.4) is 0 Å². The van der Waals surface area contributed by atoms with Crippen LogP contribution in [-0.2, 0) is 11.3 Å². The molecule has 0 aliphatic carbocycles. The molecule has 2 aromatic rings. The number of Topliss-reactive ketones (excluding diaryl/α,β-unsaturated/α-hetero) is 1. The molecule has 164 valence electrons. The number of fused-ring (bicyclic) bond motifs is 1. The Kier molecular flexibility index (Phi) is 7.02. The van der Waals surface area contributed by atoms with Gasteiger partial charge in [-0.2, -0.15) is 0 Å². The van der Waals surface area contributed by atoms with Crippen LogP contribution in [0, 0.1) is 0 Å². The number of pyridine rings is 1. The lowest BCUT2D eigenvalue weighted by atomic mass is 10.1. The SMILES string of the molecule is O=C(CCC(=O)c1ccc2c(c1)OCCO2)NCc1ccc(N2CCCCCC2)nc1. The van der Waals surface area contributed by atoms with Gasteiger partial charge in [0.1, 0.15) is 19.0 Å². The van der Waals surface area contributed by atoms with Crippen LogP contribution < -0.4 is 19.7 Å². The molecule has 2 aliphatic rings. The van der Waals surface area contributed by atoms with Gasteiger partial charge in [-0.15, -0.1) is 0 Å². The van der Waals surface area contributed by atoms with Crippen LogP contribution in [-0.4, -0.2) is 43.0 Å². The summed E-state index contributed by atoms with van der Waals surface area (Å²) in [6.45, 7) is 3.50. The summed E-state index contributed by atoms with van der Waals surface area (Å²) in [5.41, 5.74) is 1.48. The Bertz CT molecular complexity index is 906. The molecule has 1 N–H and O–H groups in total. The van der Waals surface area contributed by atoms with Crippen molar-refractivity contribution in [1.29, 1.82) is 0 Å². The highest BCUT2D eigenvalue weighted by molar-refractivity contribution is 5.98. The van der Waals surface area contributed by atoms with Crippen molar-refractivity contribution in [3.63, 3.8) is 0 Å². The molecular formula is C24H29N3O4. The van der Waals surface area contributed by atoms with E-state index in [0.717, 1.165) is 24.5 Å². The fourth-order valence-corrected chi connectivity index (χ4v) is 3.89. The van der Waals surface area contributed by atoms with Crippen molar-refractivity contribution in [2.45, 2.75) is 45.1 Å². The Balaban J connectivity index is 1.22. The minimum atomic E-state index is -0.150. The second-order valence-electron chi connectivity index (χ2n) is 7.98. The van der Waals surface area contributed by atoms with Crippen LogP contribution >= 0.6 is 0 Å². The molecule has 0 radical (unpaired) electrons. The van der Waals surface area contributed by atoms with Gasteiger partial charge in [0.15, 0.2) is 17.3 Å². The number of anilines is 1. The molecule has 0 spiro atoms. The molecule has 1 saturated heterocycles. The molecule has 1 amide bonds. The highest BCUT2D eigenvalue weighted by Crippen LogP contribution is 2.31. The van der Waals surface area contributed by atoms with Crippen molar-refractivity contribution in [3.05, 3.63) is 47.7 Å². The predicted molar refractivity (Wildman–Crippen MR) is 118 cm³/mol. The molecule has 4 rings (SSSR count). The third-order valence-corrected chi connectivity index (χ3v) is 5.67. The first-order valence-electron chi connectivity index (χ1n) is 11.1. The average molecular weight is 424 g/mol. The minimum Gasteiger partial charge on any atom is -0.486 e. The normalized spacial score (nSPS) is 15.8. The molecule has 0 atom stereocenters. The molecule has 1 fully saturated rings. The van der Waals surface area contributed by atoms with Crippen molar-refractivity contribution in [3.8, 4) is 11.5 Å². The number of nitrogens with one attached hydrogen (secondary N) is 1. The van der Waals surface area contributed by atoms with E-state index in [2.05, 4.69) is 15.2 Å². The summed E-state index contributed by atoms with van der Waals surface area (Å²) < 4.78 is 11.0. The van der Waals surface area contributed by atoms with Gasteiger partial charge in [0.05, 0.1) is 0 Å². The van der Waals surface area contributed by atoms with Crippen LogP contribution in [0.1, 0.15) is 54.4 Å². The van der Waals surface area contributed by atoms with Gasteiger partial charge in [0.2, 0.25) is 5.91 Å². The lowest BCUT2D eigenvalue weighted by Gasteiger charge is -2.21. The molecule has 0 saturated carbocycles. The number of nitrogens with zero attached hydrogens (tertiary/aromatic N) is 2. The van der Waals surface area contributed by atoms with Gasteiger partial charge in [-0.3, -0.25) is 9.59 Å². The number of benzene rings is 1. The first kappa shape index (κ1) is 21.2. The third-order valence-electron chi connectivity index (χ3n) is 5.67. The number of carbonyl (C=O) groups is 2. The molecule has 0 unspecified atom stereocenters. The van der Waals surface area contributed by atoms with Crippen LogP contribution in [0.15, 0.2) is 36.5 Å². The first-order chi connectivity index (χ1) is 15.2. The molecule has 1 aromatic heterocycles. The molecule has 1 aromatic carbocycles. The zero-order valence-corrected chi connectivity index (χ0v) is 17.8. The van der Waals surface area contributed by atoms with Crippen molar-refractivity contribution in [2.75, 3.05) is 31.2 Å². The van der Waals surface area contributed by atoms with Gasteiger partial charge in [0, 0.05) is 44.2 Å². The molecule has 0 bridgehead atoms. The molecule has 7 nitrogen and oxygen atoms in total. The number of ketones is 1. The Labute approximate surface area is 182 Å². The smallest absolute Gasteiger partial charge is 0.220 e. The van der Waals surface area contributed by atoms with E-state index in [0.29, 0.717) is 36.8 Å². The van der Waals surface area contributed by atoms with Crippen LogP contribution in [0.4, 0.5) is 5.82 Å². The van der Waals surface area contributed by atoms with Crippen LogP contribution in [0.2, 0.25) is 0 Å². The van der Waals surface area contributed by atoms with Crippen molar-refractivity contribution < 1.29 is 19.1 Å². The number of ether oxygens (including phenoxy) is 2. The van der Waals surface area contributed by atoms with Crippen LogP contribution in [0.25, 0.3) is 0 Å². The van der Waals surface area contributed by atoms with E-state index >= 15 is 0 Å². The summed E-state index contributed by atoms with van der Waals surface area (Å²) in [6.07, 6.45) is 7.12. The predicted octanol–water partition coefficient (Wildman–Crippen LogP) is 3.51. The van der Waals surface area contributed by atoms with E-state index in [1.165, 1.54) is 25.7 Å². The third kappa shape index (κ3) is 5.75. The summed E-state index contributed by atoms with van der Waals surface area (Å²) >= 11 is 0. The van der Waals surface area contributed by atoms with Crippen molar-refractivity contribution in [2.24, 2.45) is 0 Å². The van der Waals surface area contributed by atoms with Gasteiger partial charge in [-0.05, 0) is 42.7 Å². The monoisotopic (exact) mass is 423 g/mol. The highest BCUT2D eigenvalue weighted by Gasteiger charge is 2.16. The summed E-state index contributed by atoms with van der Waals surface area (Å²) in [5, 5.41) is 2.88. The van der Waals surface area contributed by atoms with E-state index in [1.807, 2.05) is 18.3 Å². The Morgan fingerprint density at radius 2 is 1.71 bits per heavy atom. The van der Waals surface area contributed by atoms with E-state index < -0.39 is 0 Å². The number of rotatable bonds is 7. The summed E-state index contributed by atoms with van der Waals surface area (Å²) in [6, 6.07) is 9.17. The Morgan fingerprint density at radius 1 is 0.935 bits per heavy atom. The largest absolute Gasteiger partial charge is 0.486 e. The van der Waals surface area contributed by atoms with E-state index in [4.69, 9.17) is 9.47 Å². The number of hydrogen-bond acceptors (Lipinski definition) is 6. The lowest BCUT2D eigenvalue weighted by molar-refractivity contribution is -0.121. The topological polar surface area (TPSA) is 80.8 Å². The molecule has 7 heteroatoms. The second kappa shape index (κ2) is 10.3. The fraction of sp³-hybridized carbons (Fsp3) is 0.458. The number of carbonyl (C=O) groups excluding carboxylic acids is 2. The molecular weight excluding hydrogens is 394 g/mol. The van der Waals surface area contributed by atoms with Gasteiger partial charge >= 0.3 is 0 Å². The molecule has 2 aliphatic heterocycles. The van der Waals surface area contributed by atoms with E-state index in [-0.39, 0.29) is 24.5 Å². The maximum Gasteiger partial charge on any atom is 0.220 e. The van der Waals surface area contributed by atoms with E-state index in [1.54, 1.807) is 18.2 Å². The number of amides is 1. The summed E-state index contributed by atoms with van der Waals surface area (Å²) in [5.74, 6) is 1.99. The number of hydrogen-bond donors (Lipinski definition) is 1. The average Bonchev–Trinajstić information content (AvgIpc) is 3.11. The first-order valence-corrected chi connectivity index (χ1v) is 11.1. The fourth-order valence-electron chi connectivity index (χ4n) is 3.89. The number of aromatic nitrogens is 1. The minimum absolute atomic E-state index is 0.0874. The van der Waals surface area contributed by atoms with Crippen LogP contribution in [0.5, 0.6) is 11.5 Å². The second-order valence-corrected chi connectivity index (χ2v) is 7.98. The molecule has 3 heterocycles. The van der Waals surface area contributed by atoms with Gasteiger partial charge in [0.25, 0.3) is 0 Å². The highest BCUT2D eigenvalue weighted by atomic mass is 16.6. The van der Waals surface area contributed by atoms with Crippen molar-refractivity contribution >= 4 is 17.5 Å². The van der Waals surface area contributed by atoms with Gasteiger partial charge in [-0.1, -0.05) is 18.9 Å². The zero-order valence-electron chi connectivity index (χ0n) is 17.8. The quantitative estimate of drug-likeness (QED) is 0.687. The molecule has 31 heavy (non-hydrogen) atoms. The Morgan fingerprint density at radius 3 is 2.45 bits per heavy atom. The zero-order chi connectivity index (χ0) is 21.5. The standard InChI is InChI=1S/C24H29N3O4/c28-20(19-6-8-21-22(15-19)31-14-13-30-21)7-10-24(29)26-17-18-5-9-23(25-16-18)27-11-3-1-2-4-12-27/h5-6,8-9,15-16H,1-4,7,10-14,17H2,(H,26,29). The summed E-state index contributed by atoms with van der Waals surface area (Å²) in [4.78, 5) is 31.5. The Hall–Kier alpha value is -3.09. The maximum atomic E-state index is 12.4. The maximum absolute atomic E-state index is 12.4. The summed E-state index contributed by atoms with van der Waals surface area (Å²) in [7, 11) is 0. The lowest BCUT2D eigenvalue weighted by Crippen LogP contribution is -2.25.